The Kier molecular flexibility index (Phi) is 3.44. The summed E-state index contributed by atoms with van der Waals surface area (Å²) in [7, 11) is -3.15. The molecule has 1 aromatic heterocycles. The molecule has 3 fully saturated rings. The van der Waals surface area contributed by atoms with Gasteiger partial charge in [-0.25, -0.2) is 13.1 Å². The summed E-state index contributed by atoms with van der Waals surface area (Å²) in [5.74, 6) is 0.346. The minimum Gasteiger partial charge on any atom is -0.380 e. The van der Waals surface area contributed by atoms with Crippen LogP contribution in [0.1, 0.15) is 17.8 Å². The molecule has 22 heavy (non-hydrogen) atoms. The van der Waals surface area contributed by atoms with Gasteiger partial charge in [0.15, 0.2) is 0 Å². The molecule has 2 aliphatic heterocycles. The molecule has 0 unspecified atom stereocenters. The Morgan fingerprint density at radius 1 is 1.45 bits per heavy atom. The summed E-state index contributed by atoms with van der Waals surface area (Å²) in [6, 6.07) is 0. The summed E-state index contributed by atoms with van der Waals surface area (Å²) < 4.78 is 32.7. The third-order valence-corrected chi connectivity index (χ3v) is 7.69. The van der Waals surface area contributed by atoms with Crippen LogP contribution in [0.15, 0.2) is 0 Å². The molecule has 3 heterocycles. The zero-order valence-electron chi connectivity index (χ0n) is 12.5. The first kappa shape index (κ1) is 14.8. The highest BCUT2D eigenvalue weighted by molar-refractivity contribution is 7.90. The summed E-state index contributed by atoms with van der Waals surface area (Å²) in [5, 5.41) is 10.0. The maximum atomic E-state index is 12.1. The first-order valence-corrected chi connectivity index (χ1v) is 9.96. The highest BCUT2D eigenvalue weighted by atomic mass is 32.2. The van der Waals surface area contributed by atoms with Crippen molar-refractivity contribution in [3.63, 3.8) is 0 Å². The van der Waals surface area contributed by atoms with Crippen LogP contribution in [0, 0.1) is 18.3 Å². The smallest absolute Gasteiger partial charge is 0.214 e. The van der Waals surface area contributed by atoms with Gasteiger partial charge in [-0.1, -0.05) is 11.3 Å². The van der Waals surface area contributed by atoms with Gasteiger partial charge in [0.05, 0.1) is 18.5 Å². The van der Waals surface area contributed by atoms with Gasteiger partial charge in [-0.2, -0.15) is 0 Å². The fourth-order valence-corrected chi connectivity index (χ4v) is 5.56. The number of hydrogen-bond donors (Lipinski definition) is 1. The molecule has 9 heteroatoms. The maximum absolute atomic E-state index is 12.1. The summed E-state index contributed by atoms with van der Waals surface area (Å²) in [4.78, 5) is 2.23. The summed E-state index contributed by atoms with van der Waals surface area (Å²) in [6.07, 6.45) is 1.58. The minimum absolute atomic E-state index is 0.137. The molecule has 7 nitrogen and oxygen atoms in total. The third kappa shape index (κ3) is 2.53. The molecule has 1 aliphatic carbocycles. The number of rotatable bonds is 5. The molecule has 0 bridgehead atoms. The monoisotopic (exact) mass is 344 g/mol. The Labute approximate surface area is 134 Å². The topological polar surface area (TPSA) is 84.4 Å². The van der Waals surface area contributed by atoms with Crippen LogP contribution in [0.5, 0.6) is 0 Å². The van der Waals surface area contributed by atoms with E-state index in [1.807, 2.05) is 6.92 Å². The second kappa shape index (κ2) is 5.12. The van der Waals surface area contributed by atoms with Crippen molar-refractivity contribution in [3.8, 4) is 0 Å². The van der Waals surface area contributed by atoms with Crippen LogP contribution in [-0.2, 0) is 14.8 Å². The summed E-state index contributed by atoms with van der Waals surface area (Å²) in [5.41, 5.74) is -0.137. The predicted octanol–water partition coefficient (Wildman–Crippen LogP) is 0.381. The van der Waals surface area contributed by atoms with Crippen molar-refractivity contribution in [3.05, 3.63) is 5.01 Å². The van der Waals surface area contributed by atoms with Gasteiger partial charge < -0.3 is 9.64 Å². The van der Waals surface area contributed by atoms with Crippen molar-refractivity contribution >= 4 is 26.5 Å². The normalized spacial score (nSPS) is 31.7. The fourth-order valence-electron chi connectivity index (χ4n) is 3.38. The highest BCUT2D eigenvalue weighted by Gasteiger charge is 2.52. The van der Waals surface area contributed by atoms with Gasteiger partial charge in [-0.05, 0) is 19.8 Å². The molecule has 1 saturated carbocycles. The zero-order valence-corrected chi connectivity index (χ0v) is 14.1. The molecule has 1 N–H and O–H groups in total. The van der Waals surface area contributed by atoms with Crippen LogP contribution < -0.4 is 9.62 Å². The lowest BCUT2D eigenvalue weighted by Crippen LogP contribution is -2.44. The maximum Gasteiger partial charge on any atom is 0.214 e. The molecule has 4 rings (SSSR count). The number of fused-ring (bicyclic) bond motifs is 1. The minimum atomic E-state index is -3.15. The molecule has 2 saturated heterocycles. The van der Waals surface area contributed by atoms with Gasteiger partial charge in [0.1, 0.15) is 5.01 Å². The molecule has 0 amide bonds. The van der Waals surface area contributed by atoms with Gasteiger partial charge in [0, 0.05) is 31.0 Å². The number of nitrogens with zero attached hydrogens (tertiary/aromatic N) is 3. The quantitative estimate of drug-likeness (QED) is 0.831. The predicted molar refractivity (Wildman–Crippen MR) is 83.5 cm³/mol. The van der Waals surface area contributed by atoms with Gasteiger partial charge in [0.25, 0.3) is 0 Å². The SMILES string of the molecule is Cc1nnc(N2C[C@@H]3COC[C@]3(CNS(=O)(=O)C3CC3)C2)s1. The van der Waals surface area contributed by atoms with Gasteiger partial charge in [0.2, 0.25) is 15.2 Å². The number of ether oxygens (including phenoxy) is 1. The van der Waals surface area contributed by atoms with Crippen LogP contribution in [-0.4, -0.2) is 56.7 Å². The van der Waals surface area contributed by atoms with Crippen molar-refractivity contribution in [2.45, 2.75) is 25.0 Å². The molecule has 0 aromatic carbocycles. The number of nitrogens with one attached hydrogen (secondary N) is 1. The Hall–Kier alpha value is -0.770. The number of hydrogen-bond acceptors (Lipinski definition) is 7. The number of aromatic nitrogens is 2. The van der Waals surface area contributed by atoms with Crippen LogP contribution in [0.2, 0.25) is 0 Å². The van der Waals surface area contributed by atoms with E-state index >= 15 is 0 Å². The molecule has 0 spiro atoms. The number of aryl methyl sites for hydroxylation is 1. The molecular formula is C13H20N4O3S2. The van der Waals surface area contributed by atoms with E-state index < -0.39 is 10.0 Å². The van der Waals surface area contributed by atoms with E-state index in [4.69, 9.17) is 4.74 Å². The largest absolute Gasteiger partial charge is 0.380 e. The molecule has 2 atom stereocenters. The lowest BCUT2D eigenvalue weighted by Gasteiger charge is -2.27. The fraction of sp³-hybridized carbons (Fsp3) is 0.846. The van der Waals surface area contributed by atoms with Crippen LogP contribution in [0.3, 0.4) is 0 Å². The Balaban J connectivity index is 1.49. The van der Waals surface area contributed by atoms with E-state index in [1.165, 1.54) is 0 Å². The average molecular weight is 344 g/mol. The second-order valence-electron chi connectivity index (χ2n) is 6.62. The van der Waals surface area contributed by atoms with E-state index in [0.29, 0.717) is 25.7 Å². The first-order chi connectivity index (χ1) is 10.5. The van der Waals surface area contributed by atoms with E-state index in [1.54, 1.807) is 11.3 Å². The van der Waals surface area contributed by atoms with Gasteiger partial charge >= 0.3 is 0 Å². The zero-order chi connectivity index (χ0) is 15.4. The Bertz CT molecular complexity index is 673. The van der Waals surface area contributed by atoms with Crippen molar-refractivity contribution in [1.82, 2.24) is 14.9 Å². The van der Waals surface area contributed by atoms with E-state index in [2.05, 4.69) is 19.8 Å². The van der Waals surface area contributed by atoms with E-state index in [0.717, 1.165) is 36.1 Å². The van der Waals surface area contributed by atoms with Crippen molar-refractivity contribution < 1.29 is 13.2 Å². The molecule has 0 radical (unpaired) electrons. The van der Waals surface area contributed by atoms with Crippen LogP contribution in [0.4, 0.5) is 5.13 Å². The van der Waals surface area contributed by atoms with Crippen LogP contribution >= 0.6 is 11.3 Å². The van der Waals surface area contributed by atoms with Gasteiger partial charge in [-0.3, -0.25) is 0 Å². The summed E-state index contributed by atoms with van der Waals surface area (Å²) >= 11 is 1.59. The van der Waals surface area contributed by atoms with Crippen molar-refractivity contribution in [1.29, 1.82) is 0 Å². The number of sulfonamides is 1. The molecule has 3 aliphatic rings. The van der Waals surface area contributed by atoms with Crippen molar-refractivity contribution in [2.75, 3.05) is 37.7 Å². The van der Waals surface area contributed by atoms with Crippen LogP contribution in [0.25, 0.3) is 0 Å². The Morgan fingerprint density at radius 3 is 2.95 bits per heavy atom. The second-order valence-corrected chi connectivity index (χ2v) is 9.83. The number of anilines is 1. The standard InChI is InChI=1S/C13H20N4O3S2/c1-9-15-16-12(21-9)17-4-10-5-20-8-13(10,7-17)6-14-22(18,19)11-2-3-11/h10-11,14H,2-8H2,1H3/t10-,13+/m1/s1. The molecule has 1 aromatic rings. The Morgan fingerprint density at radius 2 is 2.27 bits per heavy atom. The average Bonchev–Trinajstić information content (AvgIpc) is 3.00. The molecule has 122 valence electrons. The lowest BCUT2D eigenvalue weighted by molar-refractivity contribution is 0.156. The summed E-state index contributed by atoms with van der Waals surface area (Å²) in [6.45, 7) is 5.35. The van der Waals surface area contributed by atoms with Crippen molar-refractivity contribution in [2.24, 2.45) is 11.3 Å². The van der Waals surface area contributed by atoms with E-state index in [-0.39, 0.29) is 10.7 Å². The van der Waals surface area contributed by atoms with E-state index in [9.17, 15) is 8.42 Å². The lowest BCUT2D eigenvalue weighted by atomic mass is 9.81. The first-order valence-electron chi connectivity index (χ1n) is 7.60. The molecular weight excluding hydrogens is 324 g/mol. The highest BCUT2D eigenvalue weighted by Crippen LogP contribution is 2.43. The van der Waals surface area contributed by atoms with Gasteiger partial charge in [-0.15, -0.1) is 10.2 Å². The third-order valence-electron chi connectivity index (χ3n) is 4.90.